The van der Waals surface area contributed by atoms with E-state index in [1.54, 1.807) is 11.8 Å². The van der Waals surface area contributed by atoms with Crippen molar-refractivity contribution in [1.82, 2.24) is 4.37 Å². The summed E-state index contributed by atoms with van der Waals surface area (Å²) in [6.07, 6.45) is 9.21. The van der Waals surface area contributed by atoms with Crippen LogP contribution in [0, 0.1) is 0 Å². The van der Waals surface area contributed by atoms with E-state index in [1.165, 1.54) is 29.7 Å². The first-order chi connectivity index (χ1) is 9.24. The number of carbonyl (C=O) groups excluding carboxylic acids is 1. The van der Waals surface area contributed by atoms with Gasteiger partial charge in [-0.1, -0.05) is 6.42 Å². The Labute approximate surface area is 126 Å². The van der Waals surface area contributed by atoms with E-state index in [0.29, 0.717) is 0 Å². The number of rotatable bonds is 4. The van der Waals surface area contributed by atoms with Crippen molar-refractivity contribution in [2.24, 2.45) is 0 Å². The molecule has 0 saturated heterocycles. The van der Waals surface area contributed by atoms with E-state index in [0.717, 1.165) is 40.6 Å². The minimum absolute atomic E-state index is 0.0794. The molecular formula is C12H18N2O2S3. The molecule has 1 aliphatic rings. The van der Waals surface area contributed by atoms with Crippen LogP contribution in [0.2, 0.25) is 0 Å². The predicted octanol–water partition coefficient (Wildman–Crippen LogP) is 4.47. The lowest BCUT2D eigenvalue weighted by molar-refractivity contribution is 0.0864. The van der Waals surface area contributed by atoms with Crippen LogP contribution in [0.4, 0.5) is 10.5 Å². The van der Waals surface area contributed by atoms with Gasteiger partial charge in [-0.05, 0) is 49.7 Å². The fourth-order valence-corrected chi connectivity index (χ4v) is 4.26. The van der Waals surface area contributed by atoms with Crippen LogP contribution in [0.1, 0.15) is 32.1 Å². The zero-order valence-electron chi connectivity index (χ0n) is 11.1. The van der Waals surface area contributed by atoms with Crippen LogP contribution in [0.3, 0.4) is 0 Å². The second-order valence-electron chi connectivity index (χ2n) is 4.35. The number of nitrogens with one attached hydrogen (secondary N) is 1. The normalized spacial score (nSPS) is 16.3. The first-order valence-electron chi connectivity index (χ1n) is 6.30. The van der Waals surface area contributed by atoms with Crippen molar-refractivity contribution in [2.75, 3.05) is 17.8 Å². The summed E-state index contributed by atoms with van der Waals surface area (Å²) in [5.74, 6) is 0. The third-order valence-electron chi connectivity index (χ3n) is 3.06. The fourth-order valence-electron chi connectivity index (χ4n) is 2.11. The Hall–Kier alpha value is -0.400. The number of hydrogen-bond acceptors (Lipinski definition) is 6. The molecule has 106 valence electrons. The third-order valence-corrected chi connectivity index (χ3v) is 5.80. The molecule has 1 aromatic rings. The van der Waals surface area contributed by atoms with Gasteiger partial charge >= 0.3 is 6.09 Å². The highest BCUT2D eigenvalue weighted by atomic mass is 32.2. The van der Waals surface area contributed by atoms with Gasteiger partial charge in [-0.3, -0.25) is 5.32 Å². The van der Waals surface area contributed by atoms with Crippen LogP contribution >= 0.6 is 35.1 Å². The lowest BCUT2D eigenvalue weighted by Crippen LogP contribution is -2.24. The first-order valence-corrected chi connectivity index (χ1v) is 9.52. The van der Waals surface area contributed by atoms with E-state index in [2.05, 4.69) is 9.69 Å². The molecule has 0 aromatic carbocycles. The molecule has 1 heterocycles. The third kappa shape index (κ3) is 4.03. The molecule has 0 radical (unpaired) electrons. The Balaban J connectivity index is 1.95. The molecule has 7 heteroatoms. The number of ether oxygens (including phenoxy) is 1. The fraction of sp³-hybridized carbons (Fsp3) is 0.667. The Kier molecular flexibility index (Phi) is 5.84. The zero-order valence-corrected chi connectivity index (χ0v) is 13.6. The van der Waals surface area contributed by atoms with Crippen LogP contribution in [0.15, 0.2) is 9.24 Å². The second-order valence-corrected chi connectivity index (χ2v) is 6.99. The van der Waals surface area contributed by atoms with Gasteiger partial charge in [-0.25, -0.2) is 4.79 Å². The first kappa shape index (κ1) is 15.0. The van der Waals surface area contributed by atoms with E-state index in [1.807, 2.05) is 12.5 Å². The highest BCUT2D eigenvalue weighted by molar-refractivity contribution is 8.01. The molecule has 1 aliphatic carbocycles. The summed E-state index contributed by atoms with van der Waals surface area (Å²) in [4.78, 5) is 11.9. The number of carbonyl (C=O) groups is 1. The van der Waals surface area contributed by atoms with Gasteiger partial charge < -0.3 is 4.74 Å². The van der Waals surface area contributed by atoms with Crippen LogP contribution in [-0.2, 0) is 4.74 Å². The standard InChI is InChI=1S/C12H18N2O2S3/c1-17-10-9(11(18-2)19-14-10)13-12(15)16-8-6-4-3-5-7-8/h8H,3-7H2,1-2H3,(H,13,15). The van der Waals surface area contributed by atoms with Crippen LogP contribution in [0.5, 0.6) is 0 Å². The van der Waals surface area contributed by atoms with E-state index in [4.69, 9.17) is 4.74 Å². The minimum Gasteiger partial charge on any atom is -0.446 e. The Morgan fingerprint density at radius 1 is 1.32 bits per heavy atom. The van der Waals surface area contributed by atoms with Crippen molar-refractivity contribution in [3.63, 3.8) is 0 Å². The summed E-state index contributed by atoms with van der Waals surface area (Å²) in [6.45, 7) is 0. The lowest BCUT2D eigenvalue weighted by atomic mass is 9.98. The minimum atomic E-state index is -0.349. The van der Waals surface area contributed by atoms with Crippen molar-refractivity contribution in [1.29, 1.82) is 0 Å². The SMILES string of the molecule is CSc1nsc(SC)c1NC(=O)OC1CCCCC1. The quantitative estimate of drug-likeness (QED) is 0.830. The van der Waals surface area contributed by atoms with Crippen LogP contribution in [-0.4, -0.2) is 29.1 Å². The average molecular weight is 318 g/mol. The molecule has 0 aliphatic heterocycles. The molecule has 1 N–H and O–H groups in total. The smallest absolute Gasteiger partial charge is 0.412 e. The molecule has 4 nitrogen and oxygen atoms in total. The van der Waals surface area contributed by atoms with E-state index < -0.39 is 0 Å². The molecule has 1 saturated carbocycles. The molecule has 0 bridgehead atoms. The van der Waals surface area contributed by atoms with Gasteiger partial charge in [0.25, 0.3) is 0 Å². The molecular weight excluding hydrogens is 300 g/mol. The molecule has 0 atom stereocenters. The Morgan fingerprint density at radius 2 is 2.05 bits per heavy atom. The number of hydrogen-bond donors (Lipinski definition) is 1. The molecule has 2 rings (SSSR count). The number of thioether (sulfide) groups is 2. The molecule has 0 unspecified atom stereocenters. The highest BCUT2D eigenvalue weighted by Gasteiger charge is 2.20. The summed E-state index contributed by atoms with van der Waals surface area (Å²) in [7, 11) is 0. The summed E-state index contributed by atoms with van der Waals surface area (Å²) in [5.41, 5.74) is 0.797. The zero-order chi connectivity index (χ0) is 13.7. The highest BCUT2D eigenvalue weighted by Crippen LogP contribution is 2.37. The van der Waals surface area contributed by atoms with Crippen molar-refractivity contribution in [2.45, 2.75) is 47.4 Å². The van der Waals surface area contributed by atoms with Gasteiger partial charge in [0.2, 0.25) is 0 Å². The second kappa shape index (κ2) is 7.40. The number of anilines is 1. The summed E-state index contributed by atoms with van der Waals surface area (Å²) in [5, 5.41) is 3.71. The lowest BCUT2D eigenvalue weighted by Gasteiger charge is -2.21. The average Bonchev–Trinajstić information content (AvgIpc) is 2.81. The van der Waals surface area contributed by atoms with Crippen molar-refractivity contribution in [3.8, 4) is 0 Å². The summed E-state index contributed by atoms with van der Waals surface area (Å²) < 4.78 is 10.8. The van der Waals surface area contributed by atoms with E-state index >= 15 is 0 Å². The number of nitrogens with zero attached hydrogens (tertiary/aromatic N) is 1. The van der Waals surface area contributed by atoms with E-state index in [9.17, 15) is 4.79 Å². The van der Waals surface area contributed by atoms with Crippen LogP contribution < -0.4 is 5.32 Å². The van der Waals surface area contributed by atoms with Gasteiger partial charge in [0, 0.05) is 0 Å². The van der Waals surface area contributed by atoms with Gasteiger partial charge in [0.15, 0.2) is 0 Å². The molecule has 1 aromatic heterocycles. The number of amides is 1. The number of aromatic nitrogens is 1. The van der Waals surface area contributed by atoms with Crippen molar-refractivity contribution in [3.05, 3.63) is 0 Å². The summed E-state index contributed by atoms with van der Waals surface area (Å²) >= 11 is 4.54. The topological polar surface area (TPSA) is 51.2 Å². The van der Waals surface area contributed by atoms with Crippen LogP contribution in [0.25, 0.3) is 0 Å². The summed E-state index contributed by atoms with van der Waals surface area (Å²) in [6, 6.07) is 0. The molecule has 0 spiro atoms. The maximum Gasteiger partial charge on any atom is 0.412 e. The molecule has 1 fully saturated rings. The van der Waals surface area contributed by atoms with Crippen molar-refractivity contribution < 1.29 is 9.53 Å². The maximum absolute atomic E-state index is 11.9. The largest absolute Gasteiger partial charge is 0.446 e. The molecule has 1 amide bonds. The van der Waals surface area contributed by atoms with E-state index in [-0.39, 0.29) is 12.2 Å². The monoisotopic (exact) mass is 318 g/mol. The van der Waals surface area contributed by atoms with Gasteiger partial charge in [-0.15, -0.1) is 23.5 Å². The predicted molar refractivity (Wildman–Crippen MR) is 82.7 cm³/mol. The van der Waals surface area contributed by atoms with Gasteiger partial charge in [0.05, 0.1) is 0 Å². The Morgan fingerprint density at radius 3 is 2.68 bits per heavy atom. The van der Waals surface area contributed by atoms with Gasteiger partial charge in [-0.2, -0.15) is 4.37 Å². The maximum atomic E-state index is 11.9. The molecule has 19 heavy (non-hydrogen) atoms. The Bertz CT molecular complexity index is 409. The van der Waals surface area contributed by atoms with Crippen molar-refractivity contribution >= 4 is 46.8 Å². The van der Waals surface area contributed by atoms with Gasteiger partial charge in [0.1, 0.15) is 21.0 Å².